The molecule has 2 aromatic carbocycles. The highest BCUT2D eigenvalue weighted by Gasteiger charge is 2.38. The van der Waals surface area contributed by atoms with Gasteiger partial charge in [-0.2, -0.15) is 4.31 Å². The van der Waals surface area contributed by atoms with Gasteiger partial charge in [0.25, 0.3) is 0 Å². The lowest BCUT2D eigenvalue weighted by Crippen LogP contribution is -2.41. The first-order chi connectivity index (χ1) is 16.3. The number of halogens is 4. The van der Waals surface area contributed by atoms with E-state index in [1.807, 2.05) is 32.1 Å². The van der Waals surface area contributed by atoms with Crippen LogP contribution in [0, 0.1) is 0 Å². The third-order valence-corrected chi connectivity index (χ3v) is 8.58. The van der Waals surface area contributed by atoms with Gasteiger partial charge in [-0.1, -0.05) is 47.3 Å². The molecular formula is C25H27BrF3NO4S. The normalized spacial score (nSPS) is 18.3. The molecule has 0 N–H and O–H groups in total. The van der Waals surface area contributed by atoms with Crippen LogP contribution in [0.5, 0.6) is 11.5 Å². The molecule has 2 aromatic rings. The van der Waals surface area contributed by atoms with Crippen molar-refractivity contribution in [1.82, 2.24) is 4.31 Å². The maximum absolute atomic E-state index is 13.9. The summed E-state index contributed by atoms with van der Waals surface area (Å²) < 4.78 is 78.7. The van der Waals surface area contributed by atoms with Crippen LogP contribution in [0.15, 0.2) is 51.8 Å². The van der Waals surface area contributed by atoms with Crippen molar-refractivity contribution in [2.24, 2.45) is 0 Å². The SMILES string of the molecule is CC1(C)C=Cc2cc(CN(C3CCCCC3)S(=O)(=O)c3ccc(Br)cc3OC(F)(F)F)ccc2O1. The molecule has 35 heavy (non-hydrogen) atoms. The lowest BCUT2D eigenvalue weighted by molar-refractivity contribution is -0.275. The second kappa shape index (κ2) is 9.78. The van der Waals surface area contributed by atoms with E-state index in [0.717, 1.165) is 42.5 Å². The summed E-state index contributed by atoms with van der Waals surface area (Å²) in [7, 11) is -4.32. The molecule has 190 valence electrons. The van der Waals surface area contributed by atoms with E-state index in [2.05, 4.69) is 20.7 Å². The number of hydrogen-bond donors (Lipinski definition) is 0. The van der Waals surface area contributed by atoms with Gasteiger partial charge in [-0.15, -0.1) is 13.2 Å². The van der Waals surface area contributed by atoms with Crippen molar-refractivity contribution in [3.05, 3.63) is 58.1 Å². The van der Waals surface area contributed by atoms with Crippen LogP contribution in [0.3, 0.4) is 0 Å². The molecule has 1 heterocycles. The number of alkyl halides is 3. The van der Waals surface area contributed by atoms with Gasteiger partial charge < -0.3 is 9.47 Å². The molecule has 0 radical (unpaired) electrons. The third-order valence-electron chi connectivity index (χ3n) is 6.15. The second-order valence-electron chi connectivity index (χ2n) is 9.39. The molecule has 0 saturated heterocycles. The third kappa shape index (κ3) is 6.21. The van der Waals surface area contributed by atoms with E-state index >= 15 is 0 Å². The van der Waals surface area contributed by atoms with Crippen LogP contribution >= 0.6 is 15.9 Å². The predicted molar refractivity (Wildman–Crippen MR) is 131 cm³/mol. The standard InChI is InChI=1S/C25H27BrF3NO4S/c1-24(2)13-12-18-14-17(8-10-21(18)33-24)16-30(20-6-4-3-5-7-20)35(31,32)23-11-9-19(26)15-22(23)34-25(27,28)29/h8-15,20H,3-7,16H2,1-2H3. The van der Waals surface area contributed by atoms with Gasteiger partial charge in [0.15, 0.2) is 5.75 Å². The minimum absolute atomic E-state index is 0.0268. The number of hydrogen-bond acceptors (Lipinski definition) is 4. The van der Waals surface area contributed by atoms with E-state index in [1.54, 1.807) is 12.1 Å². The molecule has 1 fully saturated rings. The zero-order valence-electron chi connectivity index (χ0n) is 19.4. The minimum atomic E-state index is -5.03. The van der Waals surface area contributed by atoms with Gasteiger partial charge in [-0.3, -0.25) is 0 Å². The molecule has 0 bridgehead atoms. The summed E-state index contributed by atoms with van der Waals surface area (Å²) in [5.41, 5.74) is 1.11. The molecule has 2 aliphatic rings. The minimum Gasteiger partial charge on any atom is -0.483 e. The molecule has 0 unspecified atom stereocenters. The Hall–Kier alpha value is -2.04. The van der Waals surface area contributed by atoms with Crippen LogP contribution in [0.2, 0.25) is 0 Å². The van der Waals surface area contributed by atoms with Gasteiger partial charge in [0.2, 0.25) is 10.0 Å². The first-order valence-corrected chi connectivity index (χ1v) is 13.7. The Balaban J connectivity index is 1.73. The Morgan fingerprint density at radius 1 is 1.11 bits per heavy atom. The molecule has 0 spiro atoms. The summed E-state index contributed by atoms with van der Waals surface area (Å²) in [5, 5.41) is 0. The number of benzene rings is 2. The lowest BCUT2D eigenvalue weighted by Gasteiger charge is -2.34. The van der Waals surface area contributed by atoms with Crippen LogP contribution in [-0.4, -0.2) is 30.7 Å². The highest BCUT2D eigenvalue weighted by atomic mass is 79.9. The number of rotatable bonds is 6. The summed E-state index contributed by atoms with van der Waals surface area (Å²) in [6, 6.07) is 8.73. The smallest absolute Gasteiger partial charge is 0.483 e. The van der Waals surface area contributed by atoms with Crippen molar-refractivity contribution < 1.29 is 31.1 Å². The molecule has 0 atom stereocenters. The monoisotopic (exact) mass is 573 g/mol. The van der Waals surface area contributed by atoms with Crippen molar-refractivity contribution >= 4 is 32.0 Å². The lowest BCUT2D eigenvalue weighted by atomic mass is 9.95. The van der Waals surface area contributed by atoms with E-state index in [0.29, 0.717) is 18.6 Å². The van der Waals surface area contributed by atoms with Gasteiger partial charge in [-0.25, -0.2) is 8.42 Å². The topological polar surface area (TPSA) is 55.8 Å². The molecule has 0 amide bonds. The van der Waals surface area contributed by atoms with Gasteiger partial charge in [0.1, 0.15) is 16.2 Å². The fourth-order valence-corrected chi connectivity index (χ4v) is 6.62. The molecule has 0 aromatic heterocycles. The van der Waals surface area contributed by atoms with E-state index in [-0.39, 0.29) is 17.1 Å². The Morgan fingerprint density at radius 3 is 2.51 bits per heavy atom. The second-order valence-corrected chi connectivity index (χ2v) is 12.2. The summed E-state index contributed by atoms with van der Waals surface area (Å²) in [6.45, 7) is 3.91. The van der Waals surface area contributed by atoms with Crippen molar-refractivity contribution in [2.75, 3.05) is 0 Å². The molecule has 1 saturated carbocycles. The Morgan fingerprint density at radius 2 is 1.83 bits per heavy atom. The first kappa shape index (κ1) is 26.0. The zero-order chi connectivity index (χ0) is 25.4. The maximum Gasteiger partial charge on any atom is 0.573 e. The van der Waals surface area contributed by atoms with Crippen LogP contribution in [0.25, 0.3) is 6.08 Å². The van der Waals surface area contributed by atoms with Crippen LogP contribution in [-0.2, 0) is 16.6 Å². The average molecular weight is 574 g/mol. The Kier molecular flexibility index (Phi) is 7.28. The zero-order valence-corrected chi connectivity index (χ0v) is 21.8. The van der Waals surface area contributed by atoms with E-state index < -0.39 is 32.6 Å². The van der Waals surface area contributed by atoms with Crippen molar-refractivity contribution in [2.45, 2.75) is 75.4 Å². The fourth-order valence-electron chi connectivity index (χ4n) is 4.51. The van der Waals surface area contributed by atoms with E-state index in [1.165, 1.54) is 10.4 Å². The average Bonchev–Trinajstić information content (AvgIpc) is 2.76. The number of fused-ring (bicyclic) bond motifs is 1. The molecule has 1 aliphatic heterocycles. The summed E-state index contributed by atoms with van der Waals surface area (Å²) >= 11 is 3.11. The number of nitrogens with zero attached hydrogens (tertiary/aromatic N) is 1. The van der Waals surface area contributed by atoms with E-state index in [9.17, 15) is 21.6 Å². The molecule has 10 heteroatoms. The highest BCUT2D eigenvalue weighted by Crippen LogP contribution is 2.38. The number of ether oxygens (including phenoxy) is 2. The van der Waals surface area contributed by atoms with Gasteiger partial charge in [-0.05, 0) is 68.7 Å². The molecule has 5 nitrogen and oxygen atoms in total. The summed E-state index contributed by atoms with van der Waals surface area (Å²) in [4.78, 5) is -0.508. The van der Waals surface area contributed by atoms with Crippen LogP contribution in [0.1, 0.15) is 57.1 Å². The van der Waals surface area contributed by atoms with Crippen LogP contribution < -0.4 is 9.47 Å². The van der Waals surface area contributed by atoms with Gasteiger partial charge in [0, 0.05) is 22.6 Å². The molecule has 1 aliphatic carbocycles. The van der Waals surface area contributed by atoms with Crippen LogP contribution in [0.4, 0.5) is 13.2 Å². The highest BCUT2D eigenvalue weighted by molar-refractivity contribution is 9.10. The van der Waals surface area contributed by atoms with Crippen molar-refractivity contribution in [1.29, 1.82) is 0 Å². The van der Waals surface area contributed by atoms with E-state index in [4.69, 9.17) is 4.74 Å². The quantitative estimate of drug-likeness (QED) is 0.371. The fraction of sp³-hybridized carbons (Fsp3) is 0.440. The summed E-state index contributed by atoms with van der Waals surface area (Å²) in [6.07, 6.45) is 2.85. The van der Waals surface area contributed by atoms with Crippen molar-refractivity contribution in [3.63, 3.8) is 0 Å². The van der Waals surface area contributed by atoms with Gasteiger partial charge >= 0.3 is 6.36 Å². The Bertz CT molecular complexity index is 1220. The first-order valence-electron chi connectivity index (χ1n) is 11.4. The molecular weight excluding hydrogens is 547 g/mol. The molecule has 4 rings (SSSR count). The predicted octanol–water partition coefficient (Wildman–Crippen LogP) is 7.06. The van der Waals surface area contributed by atoms with Crippen molar-refractivity contribution in [3.8, 4) is 11.5 Å². The maximum atomic E-state index is 13.9. The summed E-state index contributed by atoms with van der Waals surface area (Å²) in [5.74, 6) is -0.0567. The largest absolute Gasteiger partial charge is 0.573 e. The van der Waals surface area contributed by atoms with Gasteiger partial charge in [0.05, 0.1) is 0 Å². The Labute approximate surface area is 212 Å². The number of sulfonamides is 1.